The number of halogens is 1. The Kier molecular flexibility index (Phi) is 7.92. The molecule has 0 radical (unpaired) electrons. The Labute approximate surface area is 122 Å². The molecule has 0 aliphatic carbocycles. The smallest absolute Gasteiger partial charge is 0.137 e. The Hall–Kier alpha value is -0.730. The van der Waals surface area contributed by atoms with Crippen LogP contribution in [0.3, 0.4) is 0 Å². The predicted molar refractivity (Wildman–Crippen MR) is 83.2 cm³/mol. The summed E-state index contributed by atoms with van der Waals surface area (Å²) in [5, 5.41) is 4.15. The van der Waals surface area contributed by atoms with Crippen LogP contribution >= 0.6 is 11.6 Å². The van der Waals surface area contributed by atoms with Gasteiger partial charge in [0.05, 0.1) is 11.6 Å². The third kappa shape index (κ3) is 7.44. The Balaban J connectivity index is 2.04. The maximum absolute atomic E-state index is 6.11. The Morgan fingerprint density at radius 2 is 2.00 bits per heavy atom. The summed E-state index contributed by atoms with van der Waals surface area (Å²) in [7, 11) is 0. The number of hydrogen-bond donors (Lipinski definition) is 1. The van der Waals surface area contributed by atoms with E-state index in [1.807, 2.05) is 25.1 Å². The summed E-state index contributed by atoms with van der Waals surface area (Å²) in [5.74, 6) is 1.53. The van der Waals surface area contributed by atoms with Crippen molar-refractivity contribution in [2.75, 3.05) is 19.7 Å². The number of hydrogen-bond acceptors (Lipinski definition) is 2. The molecule has 0 fully saturated rings. The van der Waals surface area contributed by atoms with Gasteiger partial charge in [0, 0.05) is 0 Å². The van der Waals surface area contributed by atoms with Gasteiger partial charge in [-0.15, -0.1) is 0 Å². The van der Waals surface area contributed by atoms with Gasteiger partial charge in [-0.05, 0) is 62.9 Å². The molecule has 0 aromatic heterocycles. The molecule has 0 saturated heterocycles. The third-order valence-corrected chi connectivity index (χ3v) is 3.19. The van der Waals surface area contributed by atoms with Crippen molar-refractivity contribution in [1.29, 1.82) is 0 Å². The van der Waals surface area contributed by atoms with Gasteiger partial charge < -0.3 is 10.1 Å². The fraction of sp³-hybridized carbons (Fsp3) is 0.625. The fourth-order valence-electron chi connectivity index (χ4n) is 1.82. The minimum atomic E-state index is 0.707. The molecule has 0 aliphatic rings. The van der Waals surface area contributed by atoms with Gasteiger partial charge in [0.15, 0.2) is 0 Å². The SMILES string of the molecule is Cc1ccc(OCCCCCNCC(C)C)c(Cl)c1. The first-order chi connectivity index (χ1) is 9.09. The average Bonchev–Trinajstić information content (AvgIpc) is 2.34. The first-order valence-electron chi connectivity index (χ1n) is 7.19. The second kappa shape index (κ2) is 9.22. The zero-order chi connectivity index (χ0) is 14.1. The minimum absolute atomic E-state index is 0.707. The first kappa shape index (κ1) is 16.3. The number of rotatable bonds is 9. The summed E-state index contributed by atoms with van der Waals surface area (Å²) in [6, 6.07) is 5.91. The number of nitrogens with one attached hydrogen (secondary N) is 1. The Morgan fingerprint density at radius 3 is 2.68 bits per heavy atom. The lowest BCUT2D eigenvalue weighted by Gasteiger charge is -2.09. The molecule has 1 rings (SSSR count). The summed E-state index contributed by atoms with van der Waals surface area (Å²) in [5.41, 5.74) is 1.16. The highest BCUT2D eigenvalue weighted by Crippen LogP contribution is 2.25. The number of unbranched alkanes of at least 4 members (excludes halogenated alkanes) is 2. The highest BCUT2D eigenvalue weighted by molar-refractivity contribution is 6.32. The monoisotopic (exact) mass is 283 g/mol. The molecule has 0 heterocycles. The second-order valence-corrected chi connectivity index (χ2v) is 5.85. The van der Waals surface area contributed by atoms with Crippen LogP contribution in [-0.4, -0.2) is 19.7 Å². The van der Waals surface area contributed by atoms with Crippen molar-refractivity contribution >= 4 is 11.6 Å². The van der Waals surface area contributed by atoms with Crippen molar-refractivity contribution < 1.29 is 4.74 Å². The number of aryl methyl sites for hydroxylation is 1. The van der Waals surface area contributed by atoms with Gasteiger partial charge in [0.1, 0.15) is 5.75 Å². The molecule has 0 amide bonds. The standard InChI is InChI=1S/C16H26ClNO/c1-13(2)12-18-9-5-4-6-10-19-16-8-7-14(3)11-15(16)17/h7-8,11,13,18H,4-6,9-10,12H2,1-3H3. The summed E-state index contributed by atoms with van der Waals surface area (Å²) in [4.78, 5) is 0. The van der Waals surface area contributed by atoms with Crippen molar-refractivity contribution in [2.45, 2.75) is 40.0 Å². The summed E-state index contributed by atoms with van der Waals surface area (Å²) in [6.07, 6.45) is 3.47. The van der Waals surface area contributed by atoms with Crippen LogP contribution in [0.1, 0.15) is 38.7 Å². The van der Waals surface area contributed by atoms with Gasteiger partial charge in [-0.2, -0.15) is 0 Å². The molecule has 0 saturated carbocycles. The topological polar surface area (TPSA) is 21.3 Å². The Bertz CT molecular complexity index is 366. The predicted octanol–water partition coefficient (Wildman–Crippen LogP) is 4.44. The minimum Gasteiger partial charge on any atom is -0.492 e. The van der Waals surface area contributed by atoms with E-state index < -0.39 is 0 Å². The number of benzene rings is 1. The lowest BCUT2D eigenvalue weighted by Crippen LogP contribution is -2.20. The molecule has 0 aliphatic heterocycles. The van der Waals surface area contributed by atoms with Crippen molar-refractivity contribution in [3.05, 3.63) is 28.8 Å². The number of ether oxygens (including phenoxy) is 1. The summed E-state index contributed by atoms with van der Waals surface area (Å²) >= 11 is 6.11. The fourth-order valence-corrected chi connectivity index (χ4v) is 2.11. The van der Waals surface area contributed by atoms with Gasteiger partial charge in [0.25, 0.3) is 0 Å². The van der Waals surface area contributed by atoms with Gasteiger partial charge in [-0.3, -0.25) is 0 Å². The lowest BCUT2D eigenvalue weighted by molar-refractivity contribution is 0.305. The molecule has 108 valence electrons. The van der Waals surface area contributed by atoms with Crippen LogP contribution in [0.5, 0.6) is 5.75 Å². The van der Waals surface area contributed by atoms with Crippen LogP contribution in [0.15, 0.2) is 18.2 Å². The van der Waals surface area contributed by atoms with Crippen molar-refractivity contribution in [1.82, 2.24) is 5.32 Å². The van der Waals surface area contributed by atoms with Gasteiger partial charge in [0.2, 0.25) is 0 Å². The van der Waals surface area contributed by atoms with E-state index in [0.29, 0.717) is 5.02 Å². The highest BCUT2D eigenvalue weighted by Gasteiger charge is 2.01. The molecule has 1 aromatic carbocycles. The molecule has 3 heteroatoms. The highest BCUT2D eigenvalue weighted by atomic mass is 35.5. The third-order valence-electron chi connectivity index (χ3n) is 2.90. The van der Waals surface area contributed by atoms with E-state index in [1.54, 1.807) is 0 Å². The largest absolute Gasteiger partial charge is 0.492 e. The molecular formula is C16H26ClNO. The molecular weight excluding hydrogens is 258 g/mol. The quantitative estimate of drug-likeness (QED) is 0.676. The molecule has 0 bridgehead atoms. The van der Waals surface area contributed by atoms with Crippen LogP contribution in [0.4, 0.5) is 0 Å². The van der Waals surface area contributed by atoms with Crippen LogP contribution in [-0.2, 0) is 0 Å². The van der Waals surface area contributed by atoms with Crippen molar-refractivity contribution in [2.24, 2.45) is 5.92 Å². The van der Waals surface area contributed by atoms with E-state index in [0.717, 1.165) is 43.3 Å². The molecule has 0 spiro atoms. The van der Waals surface area contributed by atoms with Gasteiger partial charge >= 0.3 is 0 Å². The zero-order valence-corrected chi connectivity index (χ0v) is 13.1. The first-order valence-corrected chi connectivity index (χ1v) is 7.57. The average molecular weight is 284 g/mol. The van der Waals surface area contributed by atoms with E-state index in [-0.39, 0.29) is 0 Å². The van der Waals surface area contributed by atoms with E-state index in [2.05, 4.69) is 19.2 Å². The van der Waals surface area contributed by atoms with Gasteiger partial charge in [-0.1, -0.05) is 31.5 Å². The van der Waals surface area contributed by atoms with E-state index in [1.165, 1.54) is 12.8 Å². The van der Waals surface area contributed by atoms with Crippen LogP contribution in [0, 0.1) is 12.8 Å². The van der Waals surface area contributed by atoms with Crippen LogP contribution < -0.4 is 10.1 Å². The van der Waals surface area contributed by atoms with Crippen molar-refractivity contribution in [3.63, 3.8) is 0 Å². The molecule has 1 N–H and O–H groups in total. The zero-order valence-electron chi connectivity index (χ0n) is 12.3. The van der Waals surface area contributed by atoms with E-state index >= 15 is 0 Å². The van der Waals surface area contributed by atoms with E-state index in [9.17, 15) is 0 Å². The summed E-state index contributed by atoms with van der Waals surface area (Å²) < 4.78 is 5.68. The lowest BCUT2D eigenvalue weighted by atomic mass is 10.2. The molecule has 19 heavy (non-hydrogen) atoms. The second-order valence-electron chi connectivity index (χ2n) is 5.44. The maximum Gasteiger partial charge on any atom is 0.137 e. The van der Waals surface area contributed by atoms with E-state index in [4.69, 9.17) is 16.3 Å². The van der Waals surface area contributed by atoms with Crippen LogP contribution in [0.25, 0.3) is 0 Å². The van der Waals surface area contributed by atoms with Gasteiger partial charge in [-0.25, -0.2) is 0 Å². The maximum atomic E-state index is 6.11. The summed E-state index contributed by atoms with van der Waals surface area (Å²) in [6.45, 7) is 9.43. The molecule has 1 aromatic rings. The molecule has 2 nitrogen and oxygen atoms in total. The van der Waals surface area contributed by atoms with Crippen molar-refractivity contribution in [3.8, 4) is 5.75 Å². The van der Waals surface area contributed by atoms with Crippen LogP contribution in [0.2, 0.25) is 5.02 Å². The molecule has 0 atom stereocenters. The molecule has 0 unspecified atom stereocenters. The Morgan fingerprint density at radius 1 is 1.21 bits per heavy atom. The normalized spacial score (nSPS) is 11.0.